The smallest absolute Gasteiger partial charge is 0.255 e. The lowest BCUT2D eigenvalue weighted by atomic mass is 9.76. The number of primary amides is 1. The number of aryl methyl sites for hydroxylation is 1. The minimum absolute atomic E-state index is 0.00385. The van der Waals surface area contributed by atoms with Gasteiger partial charge in [-0.15, -0.1) is 0 Å². The predicted octanol–water partition coefficient (Wildman–Crippen LogP) is 3.24. The molecule has 2 atom stereocenters. The maximum absolute atomic E-state index is 11.1. The van der Waals surface area contributed by atoms with Crippen LogP contribution in [0.2, 0.25) is 10.0 Å². The molecule has 27 heavy (non-hydrogen) atoms. The van der Waals surface area contributed by atoms with Gasteiger partial charge in [-0.2, -0.15) is 0 Å². The molecule has 142 valence electrons. The average molecular weight is 407 g/mol. The normalized spacial score (nSPS) is 18.4. The highest BCUT2D eigenvalue weighted by Gasteiger charge is 2.30. The number of carbonyl (C=O) groups excluding carboxylic acids is 2. The number of nitrogens with one attached hydrogen (secondary N) is 1. The number of halogens is 2. The highest BCUT2D eigenvalue weighted by atomic mass is 35.5. The first-order valence-corrected chi connectivity index (χ1v) is 9.41. The number of fused-ring (bicyclic) bond motifs is 1. The second-order valence-electron chi connectivity index (χ2n) is 6.60. The van der Waals surface area contributed by atoms with Gasteiger partial charge in [-0.1, -0.05) is 35.3 Å². The third-order valence-corrected chi connectivity index (χ3v) is 5.57. The van der Waals surface area contributed by atoms with Gasteiger partial charge < -0.3 is 15.8 Å². The van der Waals surface area contributed by atoms with Gasteiger partial charge in [0.2, 0.25) is 6.41 Å². The maximum Gasteiger partial charge on any atom is 0.255 e. The van der Waals surface area contributed by atoms with Crippen LogP contribution in [0, 0.1) is 0 Å². The molecular formula is C20H20Cl2N2O3. The van der Waals surface area contributed by atoms with Gasteiger partial charge in [-0.25, -0.2) is 0 Å². The van der Waals surface area contributed by atoms with E-state index in [2.05, 4.69) is 5.32 Å². The highest BCUT2D eigenvalue weighted by molar-refractivity contribution is 6.42. The molecule has 5 nitrogen and oxygen atoms in total. The number of rotatable bonds is 7. The molecule has 0 saturated heterocycles. The fraction of sp³-hybridized carbons (Fsp3) is 0.300. The third kappa shape index (κ3) is 4.73. The van der Waals surface area contributed by atoms with Crippen molar-refractivity contribution >= 4 is 35.5 Å². The second-order valence-corrected chi connectivity index (χ2v) is 7.42. The van der Waals surface area contributed by atoms with E-state index in [0.29, 0.717) is 22.2 Å². The molecule has 0 aliphatic heterocycles. The molecule has 0 bridgehead atoms. The monoisotopic (exact) mass is 406 g/mol. The van der Waals surface area contributed by atoms with Gasteiger partial charge in [-0.05, 0) is 60.2 Å². The Balaban J connectivity index is 1.92. The fourth-order valence-electron chi connectivity index (χ4n) is 3.58. The Hall–Kier alpha value is -2.24. The van der Waals surface area contributed by atoms with Crippen LogP contribution in [-0.2, 0) is 22.4 Å². The van der Waals surface area contributed by atoms with E-state index in [1.807, 2.05) is 30.3 Å². The van der Waals surface area contributed by atoms with E-state index in [-0.39, 0.29) is 18.6 Å². The van der Waals surface area contributed by atoms with Gasteiger partial charge in [0, 0.05) is 12.0 Å². The first-order chi connectivity index (χ1) is 13.0. The molecule has 0 aromatic heterocycles. The number of nitrogens with two attached hydrogens (primary N) is 1. The van der Waals surface area contributed by atoms with E-state index < -0.39 is 5.91 Å². The van der Waals surface area contributed by atoms with E-state index in [0.717, 1.165) is 30.4 Å². The SMILES string of the molecule is NC(=O)COc1ccc2c(c1)C(Cc1ccc(Cl)c(Cl)c1)C(NC=O)CC2. The molecular weight excluding hydrogens is 387 g/mol. The van der Waals surface area contributed by atoms with Crippen LogP contribution >= 0.6 is 23.2 Å². The van der Waals surface area contributed by atoms with Crippen molar-refractivity contribution in [3.05, 3.63) is 63.1 Å². The summed E-state index contributed by atoms with van der Waals surface area (Å²) in [4.78, 5) is 22.1. The molecule has 0 radical (unpaired) electrons. The molecule has 2 unspecified atom stereocenters. The van der Waals surface area contributed by atoms with Crippen LogP contribution in [-0.4, -0.2) is 25.0 Å². The van der Waals surface area contributed by atoms with Crippen molar-refractivity contribution in [1.29, 1.82) is 0 Å². The predicted molar refractivity (Wildman–Crippen MR) is 105 cm³/mol. The van der Waals surface area contributed by atoms with E-state index in [1.165, 1.54) is 5.56 Å². The van der Waals surface area contributed by atoms with Crippen LogP contribution in [0.3, 0.4) is 0 Å². The Kier molecular flexibility index (Phi) is 6.24. The molecule has 3 rings (SSSR count). The number of hydrogen-bond acceptors (Lipinski definition) is 3. The van der Waals surface area contributed by atoms with Gasteiger partial charge in [0.05, 0.1) is 10.0 Å². The largest absolute Gasteiger partial charge is 0.484 e. The Bertz CT molecular complexity index is 857. The molecule has 2 aromatic rings. The van der Waals surface area contributed by atoms with E-state index in [1.54, 1.807) is 6.07 Å². The van der Waals surface area contributed by atoms with Crippen molar-refractivity contribution in [2.45, 2.75) is 31.2 Å². The summed E-state index contributed by atoms with van der Waals surface area (Å²) >= 11 is 12.2. The van der Waals surface area contributed by atoms with Crippen LogP contribution < -0.4 is 15.8 Å². The summed E-state index contributed by atoms with van der Waals surface area (Å²) in [6.45, 7) is -0.174. The summed E-state index contributed by atoms with van der Waals surface area (Å²) in [6, 6.07) is 11.3. The zero-order chi connectivity index (χ0) is 19.4. The number of hydrogen-bond donors (Lipinski definition) is 2. The molecule has 0 saturated carbocycles. The van der Waals surface area contributed by atoms with E-state index in [9.17, 15) is 9.59 Å². The number of benzene rings is 2. The topological polar surface area (TPSA) is 81.4 Å². The van der Waals surface area contributed by atoms with Crippen molar-refractivity contribution in [3.63, 3.8) is 0 Å². The molecule has 3 N–H and O–H groups in total. The van der Waals surface area contributed by atoms with Gasteiger partial charge >= 0.3 is 0 Å². The first-order valence-electron chi connectivity index (χ1n) is 8.65. The van der Waals surface area contributed by atoms with E-state index in [4.69, 9.17) is 33.7 Å². The van der Waals surface area contributed by atoms with Gasteiger partial charge in [0.1, 0.15) is 5.75 Å². The summed E-state index contributed by atoms with van der Waals surface area (Å²) in [6.07, 6.45) is 3.13. The van der Waals surface area contributed by atoms with Crippen LogP contribution in [0.5, 0.6) is 5.75 Å². The van der Waals surface area contributed by atoms with Crippen molar-refractivity contribution in [2.75, 3.05) is 6.61 Å². The lowest BCUT2D eigenvalue weighted by Gasteiger charge is -2.34. The molecule has 7 heteroatoms. The molecule has 0 fully saturated rings. The standard InChI is InChI=1S/C20H20Cl2N2O3/c21-17-5-1-12(8-18(17)22)7-16-15-9-14(27-10-20(23)26)4-2-13(15)3-6-19(16)24-11-25/h1-2,4-5,8-9,11,16,19H,3,6-7,10H2,(H2,23,26)(H,24,25). The summed E-state index contributed by atoms with van der Waals surface area (Å²) in [5.74, 6) is 0.104. The second kappa shape index (κ2) is 8.63. The Morgan fingerprint density at radius 3 is 2.74 bits per heavy atom. The fourth-order valence-corrected chi connectivity index (χ4v) is 3.90. The van der Waals surface area contributed by atoms with Gasteiger partial charge in [0.15, 0.2) is 6.61 Å². The summed E-state index contributed by atoms with van der Waals surface area (Å²) in [7, 11) is 0. The average Bonchev–Trinajstić information content (AvgIpc) is 2.65. The first kappa shape index (κ1) is 19.5. The minimum atomic E-state index is -0.527. The molecule has 2 amide bonds. The van der Waals surface area contributed by atoms with Crippen LogP contribution in [0.15, 0.2) is 36.4 Å². The number of ether oxygens (including phenoxy) is 1. The lowest BCUT2D eigenvalue weighted by molar-refractivity contribution is -0.120. The summed E-state index contributed by atoms with van der Waals surface area (Å²) in [5, 5.41) is 3.95. The highest BCUT2D eigenvalue weighted by Crippen LogP contribution is 2.37. The van der Waals surface area contributed by atoms with Gasteiger partial charge in [0.25, 0.3) is 5.91 Å². The summed E-state index contributed by atoms with van der Waals surface area (Å²) in [5.41, 5.74) is 8.49. The van der Waals surface area contributed by atoms with Gasteiger partial charge in [-0.3, -0.25) is 9.59 Å². The number of amides is 2. The third-order valence-electron chi connectivity index (χ3n) is 4.83. The Morgan fingerprint density at radius 1 is 1.22 bits per heavy atom. The van der Waals surface area contributed by atoms with Crippen molar-refractivity contribution in [3.8, 4) is 5.75 Å². The molecule has 0 heterocycles. The van der Waals surface area contributed by atoms with Crippen molar-refractivity contribution < 1.29 is 14.3 Å². The minimum Gasteiger partial charge on any atom is -0.484 e. The summed E-state index contributed by atoms with van der Waals surface area (Å²) < 4.78 is 5.46. The zero-order valence-electron chi connectivity index (χ0n) is 14.6. The van der Waals surface area contributed by atoms with Crippen LogP contribution in [0.4, 0.5) is 0 Å². The molecule has 0 spiro atoms. The van der Waals surface area contributed by atoms with Crippen LogP contribution in [0.25, 0.3) is 0 Å². The van der Waals surface area contributed by atoms with E-state index >= 15 is 0 Å². The van der Waals surface area contributed by atoms with Crippen molar-refractivity contribution in [1.82, 2.24) is 5.32 Å². The quantitative estimate of drug-likeness (QED) is 0.692. The maximum atomic E-state index is 11.1. The zero-order valence-corrected chi connectivity index (χ0v) is 16.1. The van der Waals surface area contributed by atoms with Crippen molar-refractivity contribution in [2.24, 2.45) is 5.73 Å². The molecule has 1 aliphatic carbocycles. The number of carbonyl (C=O) groups is 2. The van der Waals surface area contributed by atoms with Crippen LogP contribution in [0.1, 0.15) is 29.0 Å². The molecule has 1 aliphatic rings. The lowest BCUT2D eigenvalue weighted by Crippen LogP contribution is -2.38. The molecule has 2 aromatic carbocycles. The Labute approximate surface area is 167 Å². The Morgan fingerprint density at radius 2 is 2.04 bits per heavy atom.